The van der Waals surface area contributed by atoms with Crippen molar-refractivity contribution in [3.05, 3.63) is 75.6 Å². The van der Waals surface area contributed by atoms with Crippen molar-refractivity contribution >= 4 is 17.4 Å². The van der Waals surface area contributed by atoms with Gasteiger partial charge in [-0.3, -0.25) is 14.5 Å². The van der Waals surface area contributed by atoms with Gasteiger partial charge in [0.2, 0.25) is 11.6 Å². The number of Topliss-reactive ketones (excluding diaryl/α,β-unsaturated/α-hetero) is 1. The third kappa shape index (κ3) is 5.59. The highest BCUT2D eigenvalue weighted by molar-refractivity contribution is 5.98. The van der Waals surface area contributed by atoms with Crippen molar-refractivity contribution in [2.75, 3.05) is 19.6 Å². The van der Waals surface area contributed by atoms with Gasteiger partial charge in [-0.1, -0.05) is 25.0 Å². The van der Waals surface area contributed by atoms with Gasteiger partial charge in [0.05, 0.1) is 6.57 Å². The van der Waals surface area contributed by atoms with Gasteiger partial charge < -0.3 is 4.90 Å². The summed E-state index contributed by atoms with van der Waals surface area (Å²) in [6, 6.07) is 6.76. The summed E-state index contributed by atoms with van der Waals surface area (Å²) in [6.07, 6.45) is 4.21. The number of benzene rings is 2. The SMILES string of the molecule is [C-]#[N+]c1ccc(C(=O)Cc2cc(F)cc(CN3CCN(C(=O)C4CCCC4)[C@@H](C)C3)c2C)cc1F. The van der Waals surface area contributed by atoms with Gasteiger partial charge in [0.15, 0.2) is 5.78 Å². The van der Waals surface area contributed by atoms with E-state index in [9.17, 15) is 18.4 Å². The molecule has 1 aliphatic carbocycles. The van der Waals surface area contributed by atoms with E-state index in [0.29, 0.717) is 18.7 Å². The number of piperazine rings is 1. The highest BCUT2D eigenvalue weighted by Gasteiger charge is 2.33. The van der Waals surface area contributed by atoms with Gasteiger partial charge in [-0.25, -0.2) is 13.6 Å². The Morgan fingerprint density at radius 2 is 1.80 bits per heavy atom. The molecule has 0 bridgehead atoms. The van der Waals surface area contributed by atoms with Crippen LogP contribution >= 0.6 is 0 Å². The molecule has 1 heterocycles. The van der Waals surface area contributed by atoms with Crippen LogP contribution in [0, 0.1) is 31.0 Å². The lowest BCUT2D eigenvalue weighted by Gasteiger charge is -2.41. The molecule has 1 saturated heterocycles. The number of hydrogen-bond donors (Lipinski definition) is 0. The molecule has 5 nitrogen and oxygen atoms in total. The van der Waals surface area contributed by atoms with E-state index in [2.05, 4.69) is 16.7 Å². The molecule has 35 heavy (non-hydrogen) atoms. The minimum absolute atomic E-state index is 0.0481. The first-order chi connectivity index (χ1) is 16.8. The Hall–Kier alpha value is -3.11. The fourth-order valence-corrected chi connectivity index (χ4v) is 5.34. The van der Waals surface area contributed by atoms with Crippen molar-refractivity contribution in [3.8, 4) is 0 Å². The lowest BCUT2D eigenvalue weighted by atomic mass is 9.95. The van der Waals surface area contributed by atoms with Gasteiger partial charge in [0, 0.05) is 50.1 Å². The van der Waals surface area contributed by atoms with E-state index in [-0.39, 0.29) is 41.3 Å². The molecule has 2 fully saturated rings. The average molecular weight is 480 g/mol. The molecule has 2 aromatic carbocycles. The summed E-state index contributed by atoms with van der Waals surface area (Å²) in [6.45, 7) is 13.5. The Morgan fingerprint density at radius 1 is 1.09 bits per heavy atom. The third-order valence-corrected chi connectivity index (χ3v) is 7.42. The quantitative estimate of drug-likeness (QED) is 0.408. The predicted molar refractivity (Wildman–Crippen MR) is 130 cm³/mol. The molecular weight excluding hydrogens is 448 g/mol. The first-order valence-electron chi connectivity index (χ1n) is 12.3. The summed E-state index contributed by atoms with van der Waals surface area (Å²) in [7, 11) is 0. The smallest absolute Gasteiger partial charge is 0.226 e. The van der Waals surface area contributed by atoms with Crippen molar-refractivity contribution in [3.63, 3.8) is 0 Å². The number of halogens is 2. The minimum Gasteiger partial charge on any atom is -0.337 e. The zero-order valence-corrected chi connectivity index (χ0v) is 20.3. The molecule has 0 radical (unpaired) electrons. The van der Waals surface area contributed by atoms with Crippen LogP contribution in [-0.2, 0) is 17.8 Å². The van der Waals surface area contributed by atoms with Crippen LogP contribution in [0.3, 0.4) is 0 Å². The summed E-state index contributed by atoms with van der Waals surface area (Å²) in [5.74, 6) is -1.03. The number of nitrogens with zero attached hydrogens (tertiary/aromatic N) is 3. The molecule has 2 aromatic rings. The van der Waals surface area contributed by atoms with E-state index in [1.807, 2.05) is 11.8 Å². The lowest BCUT2D eigenvalue weighted by Crippen LogP contribution is -2.54. The van der Waals surface area contributed by atoms with Gasteiger partial charge >= 0.3 is 0 Å². The van der Waals surface area contributed by atoms with Gasteiger partial charge in [0.1, 0.15) is 11.6 Å². The Balaban J connectivity index is 1.43. The topological polar surface area (TPSA) is 45.0 Å². The maximum atomic E-state index is 14.5. The molecule has 1 saturated carbocycles. The van der Waals surface area contributed by atoms with Crippen LogP contribution in [0.2, 0.25) is 0 Å². The zero-order chi connectivity index (χ0) is 25.1. The number of carbonyl (C=O) groups is 2. The second-order valence-corrected chi connectivity index (χ2v) is 9.82. The van der Waals surface area contributed by atoms with Gasteiger partial charge in [-0.15, -0.1) is 0 Å². The number of amides is 1. The van der Waals surface area contributed by atoms with E-state index in [1.54, 1.807) is 0 Å². The van der Waals surface area contributed by atoms with E-state index in [1.165, 1.54) is 24.3 Å². The highest BCUT2D eigenvalue weighted by Crippen LogP contribution is 2.29. The van der Waals surface area contributed by atoms with Crippen LogP contribution in [-0.4, -0.2) is 47.2 Å². The van der Waals surface area contributed by atoms with Crippen LogP contribution in [0.4, 0.5) is 14.5 Å². The van der Waals surface area contributed by atoms with Crippen LogP contribution < -0.4 is 0 Å². The Bertz CT molecular complexity index is 1170. The van der Waals surface area contributed by atoms with Crippen molar-refractivity contribution in [1.29, 1.82) is 0 Å². The molecule has 0 N–H and O–H groups in total. The molecule has 0 unspecified atom stereocenters. The summed E-state index contributed by atoms with van der Waals surface area (Å²) in [4.78, 5) is 33.0. The molecule has 4 rings (SSSR count). The monoisotopic (exact) mass is 479 g/mol. The summed E-state index contributed by atoms with van der Waals surface area (Å²) in [5, 5.41) is 0. The van der Waals surface area contributed by atoms with Crippen molar-refractivity contribution < 1.29 is 18.4 Å². The Kier molecular flexibility index (Phi) is 7.61. The first kappa shape index (κ1) is 25.0. The largest absolute Gasteiger partial charge is 0.337 e. The van der Waals surface area contributed by atoms with Crippen molar-refractivity contribution in [2.45, 2.75) is 58.5 Å². The summed E-state index contributed by atoms with van der Waals surface area (Å²) >= 11 is 0. The fourth-order valence-electron chi connectivity index (χ4n) is 5.34. The number of rotatable bonds is 6. The number of ketones is 1. The maximum Gasteiger partial charge on any atom is 0.226 e. The summed E-state index contributed by atoms with van der Waals surface area (Å²) < 4.78 is 28.5. The minimum atomic E-state index is -0.734. The van der Waals surface area contributed by atoms with Crippen LogP contribution in [0.25, 0.3) is 4.85 Å². The van der Waals surface area contributed by atoms with E-state index < -0.39 is 11.6 Å². The molecule has 7 heteroatoms. The van der Waals surface area contributed by atoms with E-state index in [0.717, 1.165) is 56.0 Å². The molecular formula is C28H31F2N3O2. The average Bonchev–Trinajstić information content (AvgIpc) is 3.37. The van der Waals surface area contributed by atoms with Gasteiger partial charge in [0.25, 0.3) is 0 Å². The number of carbonyl (C=O) groups excluding carboxylic acids is 2. The maximum absolute atomic E-state index is 14.5. The number of hydrogen-bond acceptors (Lipinski definition) is 3. The van der Waals surface area contributed by atoms with Crippen LogP contribution in [0.5, 0.6) is 0 Å². The van der Waals surface area contributed by atoms with Crippen LogP contribution in [0.1, 0.15) is 59.7 Å². The van der Waals surface area contributed by atoms with Crippen molar-refractivity contribution in [1.82, 2.24) is 9.80 Å². The lowest BCUT2D eigenvalue weighted by molar-refractivity contribution is -0.140. The Labute approximate surface area is 205 Å². The third-order valence-electron chi connectivity index (χ3n) is 7.42. The zero-order valence-electron chi connectivity index (χ0n) is 20.3. The summed E-state index contributed by atoms with van der Waals surface area (Å²) in [5.41, 5.74) is 2.25. The highest BCUT2D eigenvalue weighted by atomic mass is 19.1. The van der Waals surface area contributed by atoms with Gasteiger partial charge in [-0.05, 0) is 61.6 Å². The molecule has 1 amide bonds. The standard InChI is InChI=1S/C28H31F2N3O2/c1-18-16-32(10-11-33(18)28(35)20-6-4-5-7-20)17-23-13-24(29)12-22(19(23)2)15-27(34)21-8-9-26(31-3)25(30)14-21/h8-9,12-14,18,20H,4-7,10-11,15-17H2,1-2H3/t18-/m0/s1. The normalized spacial score (nSPS) is 19.1. The van der Waals surface area contributed by atoms with E-state index in [4.69, 9.17) is 6.57 Å². The molecule has 0 spiro atoms. The molecule has 1 aliphatic heterocycles. The molecule has 0 aromatic heterocycles. The van der Waals surface area contributed by atoms with Gasteiger partial charge in [-0.2, -0.15) is 0 Å². The molecule has 1 atom stereocenters. The second-order valence-electron chi connectivity index (χ2n) is 9.82. The van der Waals surface area contributed by atoms with Crippen LogP contribution in [0.15, 0.2) is 30.3 Å². The van der Waals surface area contributed by atoms with Crippen molar-refractivity contribution in [2.24, 2.45) is 5.92 Å². The fraction of sp³-hybridized carbons (Fsp3) is 0.464. The Morgan fingerprint density at radius 3 is 2.46 bits per heavy atom. The van der Waals surface area contributed by atoms with E-state index >= 15 is 0 Å². The molecule has 184 valence electrons. The first-order valence-corrected chi connectivity index (χ1v) is 12.3. The second kappa shape index (κ2) is 10.7. The predicted octanol–water partition coefficient (Wildman–Crippen LogP) is 5.47. The molecule has 2 aliphatic rings.